The van der Waals surface area contributed by atoms with Crippen LogP contribution in [0.4, 0.5) is 0 Å². The molecule has 0 spiro atoms. The lowest BCUT2D eigenvalue weighted by Gasteiger charge is -2.26. The normalized spacial score (nSPS) is 22.5. The van der Waals surface area contributed by atoms with E-state index < -0.39 is 0 Å². The third kappa shape index (κ3) is 4.50. The molecule has 2 aliphatic rings. The summed E-state index contributed by atoms with van der Waals surface area (Å²) in [5.41, 5.74) is 1.31. The highest BCUT2D eigenvalue weighted by Crippen LogP contribution is 2.33. The molecule has 1 aromatic carbocycles. The van der Waals surface area contributed by atoms with Crippen LogP contribution in [0.3, 0.4) is 0 Å². The van der Waals surface area contributed by atoms with Crippen molar-refractivity contribution in [1.29, 1.82) is 0 Å². The molecule has 1 amide bonds. The minimum Gasteiger partial charge on any atom is -0.497 e. The Kier molecular flexibility index (Phi) is 6.13. The first-order valence-corrected chi connectivity index (χ1v) is 9.43. The summed E-state index contributed by atoms with van der Waals surface area (Å²) in [5.74, 6) is 1.13. The summed E-state index contributed by atoms with van der Waals surface area (Å²) < 4.78 is 5.35. The molecule has 1 atom stereocenters. The molecule has 1 N–H and O–H groups in total. The number of ether oxygens (including phenoxy) is 1. The number of likely N-dealkylation sites (tertiary alicyclic amines) is 1. The van der Waals surface area contributed by atoms with Crippen LogP contribution in [-0.2, 0) is 4.79 Å². The summed E-state index contributed by atoms with van der Waals surface area (Å²) in [5, 5.41) is 3.23. The Morgan fingerprint density at radius 3 is 2.83 bits per heavy atom. The minimum absolute atomic E-state index is 0.221. The molecule has 4 heteroatoms. The average molecular weight is 330 g/mol. The Labute approximate surface area is 145 Å². The van der Waals surface area contributed by atoms with Gasteiger partial charge in [-0.2, -0.15) is 0 Å². The van der Waals surface area contributed by atoms with Crippen molar-refractivity contribution in [3.05, 3.63) is 29.8 Å². The quantitative estimate of drug-likeness (QED) is 0.865. The predicted molar refractivity (Wildman–Crippen MR) is 96.2 cm³/mol. The minimum atomic E-state index is 0.221. The Hall–Kier alpha value is -1.55. The fourth-order valence-electron chi connectivity index (χ4n) is 4.11. The smallest absolute Gasteiger partial charge is 0.221 e. The highest BCUT2D eigenvalue weighted by atomic mass is 16.5. The van der Waals surface area contributed by atoms with E-state index in [1.165, 1.54) is 31.2 Å². The van der Waals surface area contributed by atoms with Crippen molar-refractivity contribution in [1.82, 2.24) is 10.2 Å². The first-order valence-electron chi connectivity index (χ1n) is 9.43. The van der Waals surface area contributed by atoms with Crippen molar-refractivity contribution in [3.63, 3.8) is 0 Å². The summed E-state index contributed by atoms with van der Waals surface area (Å²) >= 11 is 0. The maximum atomic E-state index is 12.3. The Morgan fingerprint density at radius 2 is 2.04 bits per heavy atom. The Bertz CT molecular complexity index is 540. The zero-order chi connectivity index (χ0) is 16.8. The molecule has 1 saturated heterocycles. The van der Waals surface area contributed by atoms with Crippen LogP contribution in [-0.4, -0.2) is 37.0 Å². The molecule has 0 aromatic heterocycles. The summed E-state index contributed by atoms with van der Waals surface area (Å²) in [4.78, 5) is 14.7. The second-order valence-corrected chi connectivity index (χ2v) is 7.12. The van der Waals surface area contributed by atoms with E-state index in [0.717, 1.165) is 38.1 Å². The molecule has 4 nitrogen and oxygen atoms in total. The van der Waals surface area contributed by atoms with Crippen molar-refractivity contribution in [2.75, 3.05) is 20.2 Å². The van der Waals surface area contributed by atoms with E-state index in [4.69, 9.17) is 4.74 Å². The fourth-order valence-corrected chi connectivity index (χ4v) is 4.11. The number of hydrogen-bond donors (Lipinski definition) is 1. The molecule has 2 fully saturated rings. The second kappa shape index (κ2) is 8.52. The summed E-state index contributed by atoms with van der Waals surface area (Å²) in [7, 11) is 1.71. The predicted octanol–water partition coefficient (Wildman–Crippen LogP) is 3.67. The van der Waals surface area contributed by atoms with Crippen LogP contribution in [0.15, 0.2) is 24.3 Å². The lowest BCUT2D eigenvalue weighted by Crippen LogP contribution is -2.38. The highest BCUT2D eigenvalue weighted by molar-refractivity contribution is 5.76. The number of nitrogens with zero attached hydrogens (tertiary/aromatic N) is 1. The third-order valence-electron chi connectivity index (χ3n) is 5.44. The fraction of sp³-hybridized carbons (Fsp3) is 0.650. The van der Waals surface area contributed by atoms with Gasteiger partial charge < -0.3 is 10.1 Å². The van der Waals surface area contributed by atoms with Crippen molar-refractivity contribution < 1.29 is 9.53 Å². The van der Waals surface area contributed by atoms with E-state index >= 15 is 0 Å². The molecule has 1 saturated carbocycles. The van der Waals surface area contributed by atoms with E-state index in [2.05, 4.69) is 28.4 Å². The number of nitrogens with one attached hydrogen (secondary N) is 1. The Balaban J connectivity index is 1.51. The van der Waals surface area contributed by atoms with Crippen LogP contribution in [0.5, 0.6) is 5.75 Å². The molecular formula is C20H30N2O2. The monoisotopic (exact) mass is 330 g/mol. The van der Waals surface area contributed by atoms with Crippen LogP contribution >= 0.6 is 0 Å². The lowest BCUT2D eigenvalue weighted by molar-refractivity contribution is -0.122. The van der Waals surface area contributed by atoms with E-state index in [1.807, 2.05) is 6.07 Å². The standard InChI is InChI=1S/C20H30N2O2/c1-24-18-10-5-7-16(15-18)19-11-6-13-22(19)14-12-20(23)21-17-8-3-2-4-9-17/h5,7,10,15,17,19H,2-4,6,8-9,11-14H2,1H3,(H,21,23)/t19-/m1/s1. The van der Waals surface area contributed by atoms with Gasteiger partial charge in [0.1, 0.15) is 5.75 Å². The summed E-state index contributed by atoms with van der Waals surface area (Å²) in [6, 6.07) is 9.18. The van der Waals surface area contributed by atoms with Gasteiger partial charge in [0.05, 0.1) is 7.11 Å². The van der Waals surface area contributed by atoms with Crippen molar-refractivity contribution >= 4 is 5.91 Å². The van der Waals surface area contributed by atoms with Crippen molar-refractivity contribution in [2.45, 2.75) is 63.5 Å². The van der Waals surface area contributed by atoms with Gasteiger partial charge in [0.15, 0.2) is 0 Å². The van der Waals surface area contributed by atoms with Crippen LogP contribution in [0, 0.1) is 0 Å². The van der Waals surface area contributed by atoms with Gasteiger partial charge in [-0.1, -0.05) is 31.4 Å². The number of carbonyl (C=O) groups excluding carboxylic acids is 1. The first-order chi connectivity index (χ1) is 11.8. The third-order valence-corrected chi connectivity index (χ3v) is 5.44. The van der Waals surface area contributed by atoms with Crippen LogP contribution in [0.1, 0.15) is 63.0 Å². The lowest BCUT2D eigenvalue weighted by atomic mass is 9.95. The van der Waals surface area contributed by atoms with Crippen LogP contribution in [0.25, 0.3) is 0 Å². The molecule has 132 valence electrons. The van der Waals surface area contributed by atoms with Gasteiger partial charge in [-0.05, 0) is 49.9 Å². The average Bonchev–Trinajstić information content (AvgIpc) is 3.09. The molecule has 0 radical (unpaired) electrons. The maximum Gasteiger partial charge on any atom is 0.221 e. The number of methoxy groups -OCH3 is 1. The maximum absolute atomic E-state index is 12.3. The topological polar surface area (TPSA) is 41.6 Å². The molecule has 1 aromatic rings. The van der Waals surface area contributed by atoms with Gasteiger partial charge in [0.2, 0.25) is 5.91 Å². The molecule has 1 heterocycles. The van der Waals surface area contributed by atoms with E-state index in [9.17, 15) is 4.79 Å². The SMILES string of the molecule is COc1cccc([C@H]2CCCN2CCC(=O)NC2CCCCC2)c1. The highest BCUT2D eigenvalue weighted by Gasteiger charge is 2.26. The molecule has 1 aliphatic heterocycles. The van der Waals surface area contributed by atoms with E-state index in [-0.39, 0.29) is 5.91 Å². The van der Waals surface area contributed by atoms with Gasteiger partial charge in [-0.25, -0.2) is 0 Å². The van der Waals surface area contributed by atoms with Gasteiger partial charge in [-0.15, -0.1) is 0 Å². The molecule has 3 rings (SSSR count). The largest absolute Gasteiger partial charge is 0.497 e. The number of amides is 1. The number of benzene rings is 1. The van der Waals surface area contributed by atoms with Gasteiger partial charge in [-0.3, -0.25) is 9.69 Å². The van der Waals surface area contributed by atoms with E-state index in [0.29, 0.717) is 18.5 Å². The zero-order valence-corrected chi connectivity index (χ0v) is 14.8. The molecule has 1 aliphatic carbocycles. The molecule has 0 unspecified atom stereocenters. The molecular weight excluding hydrogens is 300 g/mol. The van der Waals surface area contributed by atoms with Crippen LogP contribution < -0.4 is 10.1 Å². The number of hydrogen-bond acceptors (Lipinski definition) is 3. The molecule has 0 bridgehead atoms. The Morgan fingerprint density at radius 1 is 1.21 bits per heavy atom. The van der Waals surface area contributed by atoms with Gasteiger partial charge in [0, 0.05) is 25.0 Å². The van der Waals surface area contributed by atoms with E-state index in [1.54, 1.807) is 7.11 Å². The molecule has 24 heavy (non-hydrogen) atoms. The first kappa shape index (κ1) is 17.3. The van der Waals surface area contributed by atoms with Crippen LogP contribution in [0.2, 0.25) is 0 Å². The zero-order valence-electron chi connectivity index (χ0n) is 14.8. The second-order valence-electron chi connectivity index (χ2n) is 7.12. The van der Waals surface area contributed by atoms with Crippen molar-refractivity contribution in [2.24, 2.45) is 0 Å². The van der Waals surface area contributed by atoms with Gasteiger partial charge >= 0.3 is 0 Å². The number of rotatable bonds is 6. The number of carbonyl (C=O) groups is 1. The summed E-state index contributed by atoms with van der Waals surface area (Å²) in [6.07, 6.45) is 9.12. The van der Waals surface area contributed by atoms with Crippen molar-refractivity contribution in [3.8, 4) is 5.75 Å². The summed E-state index contributed by atoms with van der Waals surface area (Å²) in [6.45, 7) is 1.93. The van der Waals surface area contributed by atoms with Gasteiger partial charge in [0.25, 0.3) is 0 Å².